The fraction of sp³-hybridized carbons (Fsp3) is 0.333. The molecule has 2 nitrogen and oxygen atoms in total. The molecule has 0 aliphatic rings. The van der Waals surface area contributed by atoms with Crippen LogP contribution < -0.4 is 5.30 Å². The Hall–Kier alpha value is -0.590. The van der Waals surface area contributed by atoms with Crippen LogP contribution in [0.1, 0.15) is 13.8 Å². The predicted octanol–water partition coefficient (Wildman–Crippen LogP) is 1.99. The topological polar surface area (TPSA) is 37.3 Å². The van der Waals surface area contributed by atoms with Gasteiger partial charge in [-0.3, -0.25) is 4.57 Å². The van der Waals surface area contributed by atoms with Gasteiger partial charge < -0.3 is 4.89 Å². The van der Waals surface area contributed by atoms with Gasteiger partial charge in [-0.25, -0.2) is 0 Å². The summed E-state index contributed by atoms with van der Waals surface area (Å²) in [5, 5.41) is 0.542. The first-order valence-electron chi connectivity index (χ1n) is 3.93. The molecular formula is C9H13O2P. The third-order valence-electron chi connectivity index (χ3n) is 1.83. The maximum atomic E-state index is 11.7. The molecule has 0 amide bonds. The summed E-state index contributed by atoms with van der Waals surface area (Å²) >= 11 is 0. The molecule has 0 aliphatic heterocycles. The van der Waals surface area contributed by atoms with Gasteiger partial charge in [0.1, 0.15) is 0 Å². The van der Waals surface area contributed by atoms with Crippen LogP contribution in [0.25, 0.3) is 0 Å². The minimum absolute atomic E-state index is 0.208. The van der Waals surface area contributed by atoms with E-state index in [9.17, 15) is 9.46 Å². The standard InChI is InChI=1S/C9H13O2P/c1-8(2)12(10,11)9-6-4-3-5-7-9/h3-8H,1-2H3,(H,10,11). The van der Waals surface area contributed by atoms with Crippen LogP contribution >= 0.6 is 7.37 Å². The highest BCUT2D eigenvalue weighted by molar-refractivity contribution is 7.66. The van der Waals surface area contributed by atoms with Gasteiger partial charge in [0.25, 0.3) is 0 Å². The zero-order valence-electron chi connectivity index (χ0n) is 7.27. The first-order valence-corrected chi connectivity index (χ1v) is 5.66. The third-order valence-corrected chi connectivity index (χ3v) is 4.26. The zero-order chi connectivity index (χ0) is 9.19. The fourth-order valence-electron chi connectivity index (χ4n) is 0.940. The van der Waals surface area contributed by atoms with Crippen LogP contribution in [-0.4, -0.2) is 10.6 Å². The van der Waals surface area contributed by atoms with Crippen molar-refractivity contribution in [2.45, 2.75) is 19.5 Å². The molecule has 3 heteroatoms. The van der Waals surface area contributed by atoms with Crippen molar-refractivity contribution in [2.75, 3.05) is 0 Å². The zero-order valence-corrected chi connectivity index (χ0v) is 8.16. The average Bonchev–Trinajstić information content (AvgIpc) is 2.06. The fourth-order valence-corrected chi connectivity index (χ4v) is 2.14. The summed E-state index contributed by atoms with van der Waals surface area (Å²) < 4.78 is 11.7. The molecule has 0 heterocycles. The van der Waals surface area contributed by atoms with E-state index in [0.29, 0.717) is 5.30 Å². The minimum atomic E-state index is -3.12. The molecule has 0 aliphatic carbocycles. The van der Waals surface area contributed by atoms with Crippen molar-refractivity contribution in [1.82, 2.24) is 0 Å². The highest BCUT2D eigenvalue weighted by Crippen LogP contribution is 2.44. The van der Waals surface area contributed by atoms with Crippen molar-refractivity contribution in [2.24, 2.45) is 0 Å². The summed E-state index contributed by atoms with van der Waals surface area (Å²) in [6.45, 7) is 3.52. The van der Waals surface area contributed by atoms with Crippen LogP contribution in [-0.2, 0) is 4.57 Å². The van der Waals surface area contributed by atoms with E-state index < -0.39 is 7.37 Å². The Morgan fingerprint density at radius 2 is 1.75 bits per heavy atom. The lowest BCUT2D eigenvalue weighted by molar-refractivity contribution is 0.481. The molecule has 1 aromatic carbocycles. The van der Waals surface area contributed by atoms with Gasteiger partial charge in [-0.2, -0.15) is 0 Å². The van der Waals surface area contributed by atoms with Crippen LogP contribution in [0.4, 0.5) is 0 Å². The Kier molecular flexibility index (Phi) is 2.71. The summed E-state index contributed by atoms with van der Waals surface area (Å²) in [7, 11) is -3.12. The van der Waals surface area contributed by atoms with Gasteiger partial charge in [-0.15, -0.1) is 0 Å². The van der Waals surface area contributed by atoms with E-state index in [1.165, 1.54) is 0 Å². The van der Waals surface area contributed by atoms with Crippen molar-refractivity contribution in [3.05, 3.63) is 30.3 Å². The van der Waals surface area contributed by atoms with Gasteiger partial charge in [0.2, 0.25) is 7.37 Å². The van der Waals surface area contributed by atoms with E-state index in [0.717, 1.165) is 0 Å². The van der Waals surface area contributed by atoms with Crippen molar-refractivity contribution in [3.63, 3.8) is 0 Å². The molecular weight excluding hydrogens is 171 g/mol. The smallest absolute Gasteiger partial charge is 0.232 e. The van der Waals surface area contributed by atoms with E-state index in [1.54, 1.807) is 38.1 Å². The normalized spacial score (nSPS) is 16.0. The number of benzene rings is 1. The molecule has 0 saturated carbocycles. The van der Waals surface area contributed by atoms with Gasteiger partial charge in [-0.1, -0.05) is 32.0 Å². The van der Waals surface area contributed by atoms with Crippen molar-refractivity contribution >= 4 is 12.7 Å². The summed E-state index contributed by atoms with van der Waals surface area (Å²) in [5.74, 6) is 0. The van der Waals surface area contributed by atoms with E-state index in [-0.39, 0.29) is 5.66 Å². The lowest BCUT2D eigenvalue weighted by Crippen LogP contribution is -2.11. The first-order chi connectivity index (χ1) is 5.55. The lowest BCUT2D eigenvalue weighted by Gasteiger charge is -2.14. The Bertz CT molecular complexity index is 293. The quantitative estimate of drug-likeness (QED) is 0.713. The largest absolute Gasteiger partial charge is 0.341 e. The van der Waals surface area contributed by atoms with Crippen LogP contribution in [0.15, 0.2) is 30.3 Å². The molecule has 1 rings (SSSR count). The van der Waals surface area contributed by atoms with Crippen molar-refractivity contribution in [1.29, 1.82) is 0 Å². The molecule has 0 spiro atoms. The van der Waals surface area contributed by atoms with Crippen LogP contribution in [0.5, 0.6) is 0 Å². The molecule has 1 aromatic rings. The van der Waals surface area contributed by atoms with Crippen molar-refractivity contribution < 1.29 is 9.46 Å². The molecule has 1 N–H and O–H groups in total. The van der Waals surface area contributed by atoms with Crippen LogP contribution in [0, 0.1) is 0 Å². The Morgan fingerprint density at radius 1 is 1.25 bits per heavy atom. The highest BCUT2D eigenvalue weighted by Gasteiger charge is 2.24. The van der Waals surface area contributed by atoms with Gasteiger partial charge in [0.15, 0.2) is 0 Å². The summed E-state index contributed by atoms with van der Waals surface area (Å²) in [5.41, 5.74) is -0.208. The van der Waals surface area contributed by atoms with Gasteiger partial charge in [0.05, 0.1) is 0 Å². The highest BCUT2D eigenvalue weighted by atomic mass is 31.2. The molecule has 0 radical (unpaired) electrons. The minimum Gasteiger partial charge on any atom is -0.341 e. The number of hydrogen-bond acceptors (Lipinski definition) is 1. The predicted molar refractivity (Wildman–Crippen MR) is 51.0 cm³/mol. The van der Waals surface area contributed by atoms with Crippen LogP contribution in [0.3, 0.4) is 0 Å². The maximum absolute atomic E-state index is 11.7. The second kappa shape index (κ2) is 3.42. The number of hydrogen-bond donors (Lipinski definition) is 1. The van der Waals surface area contributed by atoms with Gasteiger partial charge >= 0.3 is 0 Å². The lowest BCUT2D eigenvalue weighted by atomic mass is 10.4. The average molecular weight is 184 g/mol. The van der Waals surface area contributed by atoms with Gasteiger partial charge in [-0.05, 0) is 12.1 Å². The molecule has 1 unspecified atom stereocenters. The molecule has 0 saturated heterocycles. The van der Waals surface area contributed by atoms with E-state index >= 15 is 0 Å². The Morgan fingerprint density at radius 3 is 2.17 bits per heavy atom. The summed E-state index contributed by atoms with van der Waals surface area (Å²) in [6.07, 6.45) is 0. The number of rotatable bonds is 2. The SMILES string of the molecule is CC(C)P(=O)(O)c1ccccc1. The molecule has 66 valence electrons. The monoisotopic (exact) mass is 184 g/mol. The van der Waals surface area contributed by atoms with Crippen LogP contribution in [0.2, 0.25) is 0 Å². The second-order valence-corrected chi connectivity index (χ2v) is 5.85. The van der Waals surface area contributed by atoms with E-state index in [1.807, 2.05) is 6.07 Å². The second-order valence-electron chi connectivity index (χ2n) is 3.05. The molecule has 12 heavy (non-hydrogen) atoms. The van der Waals surface area contributed by atoms with E-state index in [2.05, 4.69) is 0 Å². The molecule has 0 fully saturated rings. The maximum Gasteiger partial charge on any atom is 0.232 e. The first kappa shape index (κ1) is 9.50. The van der Waals surface area contributed by atoms with Gasteiger partial charge in [0, 0.05) is 11.0 Å². The Labute approximate surface area is 72.7 Å². The summed E-state index contributed by atoms with van der Waals surface area (Å²) in [6, 6.07) is 8.78. The van der Waals surface area contributed by atoms with Crippen molar-refractivity contribution in [3.8, 4) is 0 Å². The molecule has 1 atom stereocenters. The Balaban J connectivity index is 3.07. The third kappa shape index (κ3) is 1.77. The molecule has 0 aromatic heterocycles. The molecule has 0 bridgehead atoms. The van der Waals surface area contributed by atoms with E-state index in [4.69, 9.17) is 0 Å². The summed E-state index contributed by atoms with van der Waals surface area (Å²) in [4.78, 5) is 9.62.